The molecule has 9 aliphatic rings. The zero-order valence-electron chi connectivity index (χ0n) is 48.7. The minimum atomic E-state index is -2.00. The maximum atomic E-state index is 12.9. The molecule has 0 radical (unpaired) electrons. The van der Waals surface area contributed by atoms with Crippen LogP contribution >= 0.6 is 0 Å². The van der Waals surface area contributed by atoms with Gasteiger partial charge in [-0.05, 0) is 84.4 Å². The molecule has 4 saturated heterocycles. The predicted octanol–water partition coefficient (Wildman–Crippen LogP) is -2.87. The van der Waals surface area contributed by atoms with Crippen LogP contribution in [0.15, 0.2) is 11.6 Å². The van der Waals surface area contributed by atoms with Crippen molar-refractivity contribution in [1.29, 1.82) is 0 Å². The smallest absolute Gasteiger partial charge is 0.303 e. The van der Waals surface area contributed by atoms with Gasteiger partial charge in [-0.2, -0.15) is 0 Å². The van der Waals surface area contributed by atoms with Crippen LogP contribution in [0.1, 0.15) is 107 Å². The summed E-state index contributed by atoms with van der Waals surface area (Å²) < 4.78 is 61.0. The van der Waals surface area contributed by atoms with E-state index in [4.69, 9.17) is 47.4 Å². The topological polar surface area (TPSA) is 410 Å². The second-order valence-electron chi connectivity index (χ2n) is 27.3. The van der Waals surface area contributed by atoms with Crippen LogP contribution in [0.3, 0.4) is 0 Å². The van der Waals surface area contributed by atoms with Crippen LogP contribution in [-0.2, 0) is 57.0 Å². The fraction of sp³-hybridized carbons (Fsp3) is 0.930. The summed E-state index contributed by atoms with van der Waals surface area (Å²) in [6.45, 7) is 14.1. The summed E-state index contributed by atoms with van der Waals surface area (Å²) in [6, 6.07) is 0. The zero-order valence-corrected chi connectivity index (χ0v) is 48.7. The zero-order chi connectivity index (χ0) is 61.0. The predicted molar refractivity (Wildman–Crippen MR) is 280 cm³/mol. The quantitative estimate of drug-likeness (QED) is 0.0472. The third-order valence-electron chi connectivity index (χ3n) is 21.9. The van der Waals surface area contributed by atoms with E-state index < -0.39 is 219 Å². The SMILES string of the molecule is CC(=O)O[C@H]1[C@H](OC(C)=O)[C@]2(CO)[C@H](O)C[C@]3(C)C(=CC[C@@H]4[C@@]5(C)CC[C@H](O[C@@H]6O[C@H](CO[C@@H]7OC[C@H](O)[C@H](O)[C@H]7O)[C@@H](O[C@@H]7O[C@H](CO)[C@@H](O)[C@H](O)[C@H]7O)[C@H](O)[C@H]6O[C@@H]6O[C@H](CO)[C@@H](O)[C@H](O)[C@H]6O)C(C)(C)[C@@H]5CC[C@]43C)[C@@H]2CC1(C)C. The second-order valence-corrected chi connectivity index (χ2v) is 27.3. The minimum Gasteiger partial charge on any atom is -0.458 e. The first-order valence-electron chi connectivity index (χ1n) is 29.3. The Morgan fingerprint density at radius 1 is 0.590 bits per heavy atom. The maximum Gasteiger partial charge on any atom is 0.303 e. The molecule has 9 rings (SSSR count). The van der Waals surface area contributed by atoms with Gasteiger partial charge in [0.1, 0.15) is 104 Å². The highest BCUT2D eigenvalue weighted by atomic mass is 16.8. The monoisotopic (exact) mass is 1190 g/mol. The largest absolute Gasteiger partial charge is 0.458 e. The Morgan fingerprint density at radius 3 is 1.71 bits per heavy atom. The van der Waals surface area contributed by atoms with Crippen LogP contribution in [0.2, 0.25) is 0 Å². The summed E-state index contributed by atoms with van der Waals surface area (Å²) in [5.41, 5.74) is -3.23. The summed E-state index contributed by atoms with van der Waals surface area (Å²) in [5, 5.41) is 154. The standard InChI is InChI=1S/C57H92O26/c1-23(61)76-46-47(77-24(2)62)57(22-60)26(16-52(46,3)4)25-10-11-32-54(7)14-13-34(53(5,6)31(54)12-15-55(32,8)56(25,9)17-33(57)64)81-51-45(83-50-42(72)39(69)37(67)29(19-59)79-50)43(73)44(82-49-41(71)38(68)36(66)28(18-58)78-49)30(80-51)21-75-48-40(70)35(65)27(63)20-74-48/h10,26-51,58-60,63-73H,11-22H2,1-9H3/t26-,27-,28+,29+,30+,31-,32+,33+,34-,35-,36+,37+,38-,39-,40+,41+,42+,43-,44+,45+,46-,47-,48-,49-,50-,51-,54-,55+,56+,57-/m0/s1. The molecule has 4 heterocycles. The lowest BCUT2D eigenvalue weighted by molar-refractivity contribution is -0.398. The average Bonchev–Trinajstić information content (AvgIpc) is 0.717. The number of hydrogen-bond acceptors (Lipinski definition) is 26. The summed E-state index contributed by atoms with van der Waals surface area (Å²) in [6.07, 6.45) is -31.5. The van der Waals surface area contributed by atoms with Crippen LogP contribution in [0.25, 0.3) is 0 Å². The van der Waals surface area contributed by atoms with E-state index in [9.17, 15) is 81.1 Å². The molecule has 0 amide bonds. The summed E-state index contributed by atoms with van der Waals surface area (Å²) in [7, 11) is 0. The first kappa shape index (κ1) is 65.3. The Morgan fingerprint density at radius 2 is 1.14 bits per heavy atom. The average molecular weight is 1190 g/mol. The van der Waals surface area contributed by atoms with Crippen molar-refractivity contribution in [2.45, 2.75) is 248 Å². The van der Waals surface area contributed by atoms with Crippen molar-refractivity contribution >= 4 is 11.9 Å². The van der Waals surface area contributed by atoms with Crippen LogP contribution in [0.4, 0.5) is 0 Å². The molecule has 0 aromatic carbocycles. The molecule has 0 unspecified atom stereocenters. The number of carbonyl (C=O) groups is 2. The van der Waals surface area contributed by atoms with Crippen LogP contribution in [0, 0.1) is 50.2 Å². The van der Waals surface area contributed by atoms with Gasteiger partial charge in [-0.3, -0.25) is 9.59 Å². The molecule has 26 heteroatoms. The van der Waals surface area contributed by atoms with E-state index in [1.807, 2.05) is 13.8 Å². The molecular formula is C57H92O26. The Kier molecular flexibility index (Phi) is 18.8. The minimum absolute atomic E-state index is 0.0278. The molecule has 476 valence electrons. The first-order valence-corrected chi connectivity index (χ1v) is 29.3. The number of carbonyl (C=O) groups excluding carboxylic acids is 2. The van der Waals surface area contributed by atoms with Gasteiger partial charge in [-0.25, -0.2) is 0 Å². The first-order chi connectivity index (χ1) is 38.8. The fourth-order valence-electron chi connectivity index (χ4n) is 17.2. The van der Waals surface area contributed by atoms with Crippen molar-refractivity contribution in [1.82, 2.24) is 0 Å². The van der Waals surface area contributed by atoms with Crippen LogP contribution in [0.5, 0.6) is 0 Å². The third kappa shape index (κ3) is 10.9. The Hall–Kier alpha value is -2.20. The number of hydrogen-bond donors (Lipinski definition) is 14. The highest BCUT2D eigenvalue weighted by Gasteiger charge is 2.74. The summed E-state index contributed by atoms with van der Waals surface area (Å²) in [5.74, 6) is -1.71. The molecule has 5 aliphatic carbocycles. The molecule has 4 saturated carbocycles. The van der Waals surface area contributed by atoms with Gasteiger partial charge in [0.15, 0.2) is 25.2 Å². The van der Waals surface area contributed by atoms with Gasteiger partial charge in [0.25, 0.3) is 0 Å². The van der Waals surface area contributed by atoms with Gasteiger partial charge < -0.3 is 119 Å². The molecular weight excluding hydrogens is 1100 g/mol. The van der Waals surface area contributed by atoms with Crippen molar-refractivity contribution < 1.29 is 128 Å². The molecule has 30 atom stereocenters. The number of rotatable bonds is 14. The van der Waals surface area contributed by atoms with Gasteiger partial charge in [-0.15, -0.1) is 0 Å². The number of ether oxygens (including phenoxy) is 10. The Bertz CT molecular complexity index is 2320. The van der Waals surface area contributed by atoms with Gasteiger partial charge in [-0.1, -0.05) is 60.1 Å². The van der Waals surface area contributed by atoms with Gasteiger partial charge in [0.05, 0.1) is 50.7 Å². The lowest BCUT2D eigenvalue weighted by Crippen LogP contribution is -2.72. The van der Waals surface area contributed by atoms with E-state index in [0.29, 0.717) is 38.5 Å². The molecule has 0 spiro atoms. The lowest BCUT2D eigenvalue weighted by atomic mass is 9.33. The van der Waals surface area contributed by atoms with E-state index in [2.05, 4.69) is 40.7 Å². The number of fused-ring (bicyclic) bond motifs is 7. The van der Waals surface area contributed by atoms with Crippen molar-refractivity contribution in [3.8, 4) is 0 Å². The number of aliphatic hydroxyl groups is 14. The molecule has 0 aromatic heterocycles. The lowest BCUT2D eigenvalue weighted by Gasteiger charge is -2.72. The summed E-state index contributed by atoms with van der Waals surface area (Å²) >= 11 is 0. The number of aliphatic hydroxyl groups excluding tert-OH is 14. The van der Waals surface area contributed by atoms with Crippen molar-refractivity contribution in [2.24, 2.45) is 50.2 Å². The Labute approximate surface area is 482 Å². The van der Waals surface area contributed by atoms with Gasteiger partial charge >= 0.3 is 11.9 Å². The maximum absolute atomic E-state index is 12.9. The summed E-state index contributed by atoms with van der Waals surface area (Å²) in [4.78, 5) is 25.5. The van der Waals surface area contributed by atoms with E-state index in [1.54, 1.807) is 0 Å². The highest BCUT2D eigenvalue weighted by molar-refractivity contribution is 5.68. The molecule has 83 heavy (non-hydrogen) atoms. The molecule has 0 aromatic rings. The van der Waals surface area contributed by atoms with Crippen molar-refractivity contribution in [2.75, 3.05) is 33.0 Å². The van der Waals surface area contributed by atoms with E-state index in [1.165, 1.54) is 13.8 Å². The number of allylic oxidation sites excluding steroid dienone is 2. The van der Waals surface area contributed by atoms with Crippen LogP contribution < -0.4 is 0 Å². The fourth-order valence-corrected chi connectivity index (χ4v) is 17.2. The molecule has 26 nitrogen and oxygen atoms in total. The molecule has 4 aliphatic heterocycles. The molecule has 8 fully saturated rings. The third-order valence-corrected chi connectivity index (χ3v) is 21.9. The number of esters is 2. The van der Waals surface area contributed by atoms with E-state index >= 15 is 0 Å². The second kappa shape index (κ2) is 24.0. The van der Waals surface area contributed by atoms with E-state index in [0.717, 1.165) is 5.57 Å². The Balaban J connectivity index is 1.04. The normalized spacial score (nSPS) is 52.2. The van der Waals surface area contributed by atoms with Crippen LogP contribution in [-0.4, -0.2) is 258 Å². The van der Waals surface area contributed by atoms with Crippen molar-refractivity contribution in [3.63, 3.8) is 0 Å². The highest BCUT2D eigenvalue weighted by Crippen LogP contribution is 2.76. The molecule has 14 N–H and O–H groups in total. The van der Waals surface area contributed by atoms with E-state index in [-0.39, 0.29) is 23.7 Å². The van der Waals surface area contributed by atoms with Crippen molar-refractivity contribution in [3.05, 3.63) is 11.6 Å². The molecule has 0 bridgehead atoms. The van der Waals surface area contributed by atoms with Gasteiger partial charge in [0.2, 0.25) is 0 Å². The van der Waals surface area contributed by atoms with Gasteiger partial charge in [0, 0.05) is 19.3 Å².